The Balaban J connectivity index is 2.36. The molecule has 0 saturated carbocycles. The lowest BCUT2D eigenvalue weighted by atomic mass is 10.1. The van der Waals surface area contributed by atoms with Gasteiger partial charge in [0.1, 0.15) is 0 Å². The third-order valence-electron chi connectivity index (χ3n) is 2.02. The van der Waals surface area contributed by atoms with Crippen molar-refractivity contribution in [3.8, 4) is 0 Å². The molecule has 1 aromatic rings. The molecule has 0 aromatic heterocycles. The van der Waals surface area contributed by atoms with E-state index in [1.54, 1.807) is 0 Å². The van der Waals surface area contributed by atoms with Crippen molar-refractivity contribution in [2.75, 3.05) is 6.61 Å². The van der Waals surface area contributed by atoms with Crippen LogP contribution in [0.15, 0.2) is 24.3 Å². The molecule has 1 aromatic carbocycles. The summed E-state index contributed by atoms with van der Waals surface area (Å²) in [5.74, 6) is -0.343. The van der Waals surface area contributed by atoms with Crippen molar-refractivity contribution in [1.29, 1.82) is 5.41 Å². The van der Waals surface area contributed by atoms with E-state index in [4.69, 9.17) is 44.9 Å². The predicted octanol–water partition coefficient (Wildman–Crippen LogP) is 3.90. The van der Waals surface area contributed by atoms with Crippen molar-refractivity contribution in [1.82, 2.24) is 0 Å². The first-order valence-corrected chi connectivity index (χ1v) is 5.87. The quantitative estimate of drug-likeness (QED) is 0.508. The van der Waals surface area contributed by atoms with Gasteiger partial charge in [0.15, 0.2) is 0 Å². The number of halogens is 3. The second kappa shape index (κ2) is 5.76. The lowest BCUT2D eigenvalue weighted by molar-refractivity contribution is 0.300. The molecule has 0 fully saturated rings. The molecule has 0 aliphatic rings. The molecule has 0 bridgehead atoms. The molecule has 0 heterocycles. The summed E-state index contributed by atoms with van der Waals surface area (Å²) in [4.78, 5) is 0. The molecule has 1 N–H and O–H groups in total. The molecule has 16 heavy (non-hydrogen) atoms. The number of benzene rings is 1. The van der Waals surface area contributed by atoms with Crippen LogP contribution in [0.5, 0.6) is 0 Å². The molecular formula is C11H12Cl3NO. The zero-order valence-electron chi connectivity index (χ0n) is 8.77. The second-order valence-corrected chi connectivity index (χ2v) is 5.69. The number of hydrogen-bond donors (Lipinski definition) is 1. The van der Waals surface area contributed by atoms with Crippen LogP contribution in [0.4, 0.5) is 0 Å². The number of aryl methyl sites for hydroxylation is 1. The Morgan fingerprint density at radius 1 is 1.25 bits per heavy atom. The molecular weight excluding hydrogens is 268 g/mol. The number of alkyl halides is 3. The van der Waals surface area contributed by atoms with E-state index < -0.39 is 3.79 Å². The molecule has 5 heteroatoms. The van der Waals surface area contributed by atoms with Crippen LogP contribution in [0.1, 0.15) is 11.1 Å². The topological polar surface area (TPSA) is 33.1 Å². The molecule has 2 nitrogen and oxygen atoms in total. The van der Waals surface area contributed by atoms with Crippen LogP contribution in [-0.2, 0) is 11.2 Å². The van der Waals surface area contributed by atoms with Crippen LogP contribution < -0.4 is 0 Å². The third-order valence-corrected chi connectivity index (χ3v) is 2.53. The SMILES string of the molecule is Cc1ccc(CCOC(=N)C(Cl)(Cl)Cl)cc1. The summed E-state index contributed by atoms with van der Waals surface area (Å²) >= 11 is 16.4. The van der Waals surface area contributed by atoms with Gasteiger partial charge in [0.2, 0.25) is 5.90 Å². The van der Waals surface area contributed by atoms with Gasteiger partial charge in [0.05, 0.1) is 6.61 Å². The number of hydrogen-bond acceptors (Lipinski definition) is 2. The highest BCUT2D eigenvalue weighted by Crippen LogP contribution is 2.27. The van der Waals surface area contributed by atoms with Gasteiger partial charge in [0, 0.05) is 6.42 Å². The van der Waals surface area contributed by atoms with Gasteiger partial charge >= 0.3 is 0 Å². The normalized spacial score (nSPS) is 11.2. The number of ether oxygens (including phenoxy) is 1. The lowest BCUT2D eigenvalue weighted by Gasteiger charge is -2.13. The Morgan fingerprint density at radius 2 is 1.81 bits per heavy atom. The van der Waals surface area contributed by atoms with E-state index in [0.29, 0.717) is 13.0 Å². The average molecular weight is 281 g/mol. The highest BCUT2D eigenvalue weighted by atomic mass is 35.6. The number of nitrogens with one attached hydrogen (secondary N) is 1. The zero-order valence-corrected chi connectivity index (χ0v) is 11.0. The van der Waals surface area contributed by atoms with Crippen molar-refractivity contribution < 1.29 is 4.74 Å². The Bertz CT molecular complexity index is 356. The van der Waals surface area contributed by atoms with Crippen molar-refractivity contribution >= 4 is 40.7 Å². The van der Waals surface area contributed by atoms with E-state index in [9.17, 15) is 0 Å². The minimum atomic E-state index is -1.77. The molecule has 0 atom stereocenters. The summed E-state index contributed by atoms with van der Waals surface area (Å²) in [6, 6.07) is 8.07. The summed E-state index contributed by atoms with van der Waals surface area (Å²) in [5, 5.41) is 7.32. The Hall–Kier alpha value is -0.440. The van der Waals surface area contributed by atoms with Gasteiger partial charge in [0.25, 0.3) is 3.79 Å². The first-order valence-electron chi connectivity index (χ1n) is 4.73. The van der Waals surface area contributed by atoms with Crippen molar-refractivity contribution in [3.05, 3.63) is 35.4 Å². The first kappa shape index (κ1) is 13.6. The second-order valence-electron chi connectivity index (χ2n) is 3.41. The van der Waals surface area contributed by atoms with Gasteiger partial charge in [-0.1, -0.05) is 64.6 Å². The van der Waals surface area contributed by atoms with E-state index in [-0.39, 0.29) is 5.90 Å². The zero-order chi connectivity index (χ0) is 12.2. The van der Waals surface area contributed by atoms with E-state index in [1.165, 1.54) is 5.56 Å². The summed E-state index contributed by atoms with van der Waals surface area (Å²) in [7, 11) is 0. The monoisotopic (exact) mass is 279 g/mol. The standard InChI is InChI=1S/C11H12Cl3NO/c1-8-2-4-9(5-3-8)6-7-16-10(15)11(12,13)14/h2-5,15H,6-7H2,1H3. The highest BCUT2D eigenvalue weighted by Gasteiger charge is 2.28. The maximum atomic E-state index is 7.32. The smallest absolute Gasteiger partial charge is 0.265 e. The summed E-state index contributed by atoms with van der Waals surface area (Å²) in [6.45, 7) is 2.36. The Morgan fingerprint density at radius 3 is 2.31 bits per heavy atom. The predicted molar refractivity (Wildman–Crippen MR) is 68.9 cm³/mol. The van der Waals surface area contributed by atoms with Crippen LogP contribution in [0, 0.1) is 12.3 Å². The van der Waals surface area contributed by atoms with Crippen LogP contribution >= 0.6 is 34.8 Å². The Labute approximate surface area is 110 Å². The summed E-state index contributed by atoms with van der Waals surface area (Å²) in [6.07, 6.45) is 0.684. The molecule has 0 spiro atoms. The van der Waals surface area contributed by atoms with E-state index >= 15 is 0 Å². The molecule has 0 aliphatic carbocycles. The van der Waals surface area contributed by atoms with Gasteiger partial charge in [-0.05, 0) is 12.5 Å². The van der Waals surface area contributed by atoms with Gasteiger partial charge in [-0.15, -0.1) is 0 Å². The van der Waals surface area contributed by atoms with E-state index in [1.807, 2.05) is 31.2 Å². The van der Waals surface area contributed by atoms with Crippen molar-refractivity contribution in [3.63, 3.8) is 0 Å². The molecule has 0 radical (unpaired) electrons. The third kappa shape index (κ3) is 4.60. The van der Waals surface area contributed by atoms with Crippen LogP contribution in [0.2, 0.25) is 0 Å². The van der Waals surface area contributed by atoms with Gasteiger partial charge in [-0.25, -0.2) is 0 Å². The van der Waals surface area contributed by atoms with Crippen molar-refractivity contribution in [2.45, 2.75) is 17.1 Å². The maximum Gasteiger partial charge on any atom is 0.265 e. The molecule has 0 aliphatic heterocycles. The minimum absolute atomic E-state index is 0.329. The summed E-state index contributed by atoms with van der Waals surface area (Å²) < 4.78 is 3.26. The first-order chi connectivity index (χ1) is 7.39. The maximum absolute atomic E-state index is 7.32. The largest absolute Gasteiger partial charge is 0.478 e. The fourth-order valence-corrected chi connectivity index (χ4v) is 1.27. The van der Waals surface area contributed by atoms with Crippen LogP contribution in [-0.4, -0.2) is 16.3 Å². The molecule has 0 amide bonds. The van der Waals surface area contributed by atoms with Crippen LogP contribution in [0.3, 0.4) is 0 Å². The number of rotatable bonds is 3. The molecule has 88 valence electrons. The Kier molecular flexibility index (Phi) is 4.90. The lowest BCUT2D eigenvalue weighted by Crippen LogP contribution is -2.22. The van der Waals surface area contributed by atoms with E-state index in [0.717, 1.165) is 5.56 Å². The molecule has 0 saturated heterocycles. The highest BCUT2D eigenvalue weighted by molar-refractivity contribution is 6.76. The minimum Gasteiger partial charge on any atom is -0.478 e. The van der Waals surface area contributed by atoms with Crippen molar-refractivity contribution in [2.24, 2.45) is 0 Å². The van der Waals surface area contributed by atoms with Gasteiger partial charge in [-0.2, -0.15) is 0 Å². The fraction of sp³-hybridized carbons (Fsp3) is 0.364. The van der Waals surface area contributed by atoms with Crippen LogP contribution in [0.25, 0.3) is 0 Å². The average Bonchev–Trinajstić information content (AvgIpc) is 2.19. The summed E-state index contributed by atoms with van der Waals surface area (Å²) in [5.41, 5.74) is 2.33. The van der Waals surface area contributed by atoms with Gasteiger partial charge in [-0.3, -0.25) is 5.41 Å². The molecule has 1 rings (SSSR count). The van der Waals surface area contributed by atoms with Gasteiger partial charge < -0.3 is 4.74 Å². The fourth-order valence-electron chi connectivity index (χ4n) is 1.11. The molecule has 0 unspecified atom stereocenters. The van der Waals surface area contributed by atoms with E-state index in [2.05, 4.69) is 0 Å².